The van der Waals surface area contributed by atoms with E-state index in [2.05, 4.69) is 27.2 Å². The summed E-state index contributed by atoms with van der Waals surface area (Å²) < 4.78 is 5.45. The third-order valence-electron chi connectivity index (χ3n) is 5.69. The highest BCUT2D eigenvalue weighted by atomic mass is 16.5. The molecule has 1 aromatic carbocycles. The van der Waals surface area contributed by atoms with Crippen molar-refractivity contribution in [2.24, 2.45) is 5.92 Å². The molecule has 2 aliphatic heterocycles. The summed E-state index contributed by atoms with van der Waals surface area (Å²) >= 11 is 0. The van der Waals surface area contributed by atoms with Gasteiger partial charge in [-0.3, -0.25) is 9.69 Å². The SMILES string of the molecule is C[C@@H](C1CCN(C(=O)c2ccc3n[nH]nc3c2)CC1)N1CCOCC1. The summed E-state index contributed by atoms with van der Waals surface area (Å²) in [6.07, 6.45) is 2.13. The number of nitrogens with one attached hydrogen (secondary N) is 1. The number of carbonyl (C=O) groups excluding carboxylic acids is 1. The van der Waals surface area contributed by atoms with Gasteiger partial charge in [0.05, 0.1) is 13.2 Å². The van der Waals surface area contributed by atoms with Crippen LogP contribution >= 0.6 is 0 Å². The Morgan fingerprint density at radius 2 is 1.88 bits per heavy atom. The van der Waals surface area contributed by atoms with Crippen LogP contribution in [0.2, 0.25) is 0 Å². The van der Waals surface area contributed by atoms with Crippen molar-refractivity contribution >= 4 is 16.9 Å². The third kappa shape index (κ3) is 3.39. The number of piperidine rings is 1. The van der Waals surface area contributed by atoms with Crippen LogP contribution in [0.5, 0.6) is 0 Å². The minimum atomic E-state index is 0.0994. The molecule has 1 N–H and O–H groups in total. The standard InChI is InChI=1S/C18H25N5O2/c1-13(22-8-10-25-11-9-22)14-4-6-23(7-5-14)18(24)15-2-3-16-17(12-15)20-21-19-16/h2-3,12-14H,4-11H2,1H3,(H,19,20,21)/t13-/m0/s1. The first-order valence-electron chi connectivity index (χ1n) is 9.14. The molecular weight excluding hydrogens is 318 g/mol. The van der Waals surface area contributed by atoms with Crippen LogP contribution in [0.15, 0.2) is 18.2 Å². The molecule has 0 unspecified atom stereocenters. The second kappa shape index (κ2) is 7.09. The Bertz CT molecular complexity index is 732. The smallest absolute Gasteiger partial charge is 0.253 e. The van der Waals surface area contributed by atoms with Crippen molar-refractivity contribution in [1.29, 1.82) is 0 Å². The minimum Gasteiger partial charge on any atom is -0.379 e. The zero-order chi connectivity index (χ0) is 17.2. The first-order valence-corrected chi connectivity index (χ1v) is 9.14. The number of hydrogen-bond donors (Lipinski definition) is 1. The molecule has 4 rings (SSSR count). The second-order valence-electron chi connectivity index (χ2n) is 7.05. The number of aromatic amines is 1. The van der Waals surface area contributed by atoms with Crippen LogP contribution in [0, 0.1) is 5.92 Å². The van der Waals surface area contributed by atoms with Crippen molar-refractivity contribution in [3.8, 4) is 0 Å². The van der Waals surface area contributed by atoms with Crippen molar-refractivity contribution in [3.05, 3.63) is 23.8 Å². The van der Waals surface area contributed by atoms with Gasteiger partial charge in [0.25, 0.3) is 5.91 Å². The summed E-state index contributed by atoms with van der Waals surface area (Å²) in [4.78, 5) is 17.3. The van der Waals surface area contributed by atoms with E-state index in [1.54, 1.807) is 0 Å². The predicted molar refractivity (Wildman–Crippen MR) is 94.4 cm³/mol. The summed E-state index contributed by atoms with van der Waals surface area (Å²) in [5, 5.41) is 10.7. The van der Waals surface area contributed by atoms with E-state index >= 15 is 0 Å². The first kappa shape index (κ1) is 16.5. The van der Waals surface area contributed by atoms with Crippen LogP contribution < -0.4 is 0 Å². The van der Waals surface area contributed by atoms with Crippen LogP contribution in [0.4, 0.5) is 0 Å². The molecule has 1 atom stereocenters. The van der Waals surface area contributed by atoms with E-state index in [1.807, 2.05) is 23.1 Å². The quantitative estimate of drug-likeness (QED) is 0.915. The maximum absolute atomic E-state index is 12.8. The summed E-state index contributed by atoms with van der Waals surface area (Å²) in [6.45, 7) is 7.71. The number of H-pyrrole nitrogens is 1. The maximum atomic E-state index is 12.8. The highest BCUT2D eigenvalue weighted by Crippen LogP contribution is 2.26. The molecule has 134 valence electrons. The number of rotatable bonds is 3. The van der Waals surface area contributed by atoms with Crippen molar-refractivity contribution in [1.82, 2.24) is 25.2 Å². The Kier molecular flexibility index (Phi) is 4.67. The molecule has 2 fully saturated rings. The topological polar surface area (TPSA) is 74.4 Å². The highest BCUT2D eigenvalue weighted by molar-refractivity contribution is 5.97. The van der Waals surface area contributed by atoms with Crippen molar-refractivity contribution in [2.75, 3.05) is 39.4 Å². The number of nitrogens with zero attached hydrogens (tertiary/aromatic N) is 4. The van der Waals surface area contributed by atoms with E-state index in [0.29, 0.717) is 17.5 Å². The van der Waals surface area contributed by atoms with Crippen molar-refractivity contribution < 1.29 is 9.53 Å². The lowest BCUT2D eigenvalue weighted by molar-refractivity contribution is -0.000949. The van der Waals surface area contributed by atoms with Crippen LogP contribution in [0.3, 0.4) is 0 Å². The van der Waals surface area contributed by atoms with Crippen LogP contribution in [-0.2, 0) is 4.74 Å². The van der Waals surface area contributed by atoms with Gasteiger partial charge in [-0.25, -0.2) is 0 Å². The highest BCUT2D eigenvalue weighted by Gasteiger charge is 2.30. The number of morpholine rings is 1. The van der Waals surface area contributed by atoms with Crippen LogP contribution in [-0.4, -0.2) is 76.6 Å². The average Bonchev–Trinajstić information content (AvgIpc) is 3.15. The number of benzene rings is 1. The van der Waals surface area contributed by atoms with Gasteiger partial charge in [0.15, 0.2) is 0 Å². The molecular formula is C18H25N5O2. The normalized spacial score (nSPS) is 21.6. The number of ether oxygens (including phenoxy) is 1. The van der Waals surface area contributed by atoms with Gasteiger partial charge in [-0.2, -0.15) is 15.4 Å². The van der Waals surface area contributed by atoms with E-state index in [9.17, 15) is 4.79 Å². The number of carbonyl (C=O) groups is 1. The summed E-state index contributed by atoms with van der Waals surface area (Å²) in [5.41, 5.74) is 2.22. The molecule has 0 spiro atoms. The Morgan fingerprint density at radius 1 is 1.16 bits per heavy atom. The van der Waals surface area contributed by atoms with Crippen LogP contribution in [0.25, 0.3) is 11.0 Å². The number of likely N-dealkylation sites (tertiary alicyclic amines) is 1. The predicted octanol–water partition coefficient (Wildman–Crippen LogP) is 1.53. The lowest BCUT2D eigenvalue weighted by Gasteiger charge is -2.41. The number of hydrogen-bond acceptors (Lipinski definition) is 5. The molecule has 2 aromatic rings. The summed E-state index contributed by atoms with van der Waals surface area (Å²) in [6, 6.07) is 6.08. The molecule has 25 heavy (non-hydrogen) atoms. The summed E-state index contributed by atoms with van der Waals surface area (Å²) in [5.74, 6) is 0.752. The molecule has 2 saturated heterocycles. The fourth-order valence-corrected chi connectivity index (χ4v) is 4.02. The fraction of sp³-hybridized carbons (Fsp3) is 0.611. The third-order valence-corrected chi connectivity index (χ3v) is 5.69. The molecule has 7 nitrogen and oxygen atoms in total. The van der Waals surface area contributed by atoms with Crippen molar-refractivity contribution in [3.63, 3.8) is 0 Å². The van der Waals surface area contributed by atoms with Gasteiger partial charge in [0, 0.05) is 37.8 Å². The molecule has 0 radical (unpaired) electrons. The minimum absolute atomic E-state index is 0.0994. The molecule has 0 bridgehead atoms. The van der Waals surface area contributed by atoms with Crippen molar-refractivity contribution in [2.45, 2.75) is 25.8 Å². The lowest BCUT2D eigenvalue weighted by atomic mass is 9.89. The molecule has 2 aliphatic rings. The number of amides is 1. The Labute approximate surface area is 147 Å². The van der Waals surface area contributed by atoms with E-state index in [-0.39, 0.29) is 5.91 Å². The Balaban J connectivity index is 1.36. The van der Waals surface area contributed by atoms with Gasteiger partial charge >= 0.3 is 0 Å². The van der Waals surface area contributed by atoms with Gasteiger partial charge in [-0.1, -0.05) is 0 Å². The molecule has 3 heterocycles. The van der Waals surface area contributed by atoms with E-state index in [4.69, 9.17) is 4.74 Å². The van der Waals surface area contributed by atoms with E-state index in [1.165, 1.54) is 0 Å². The van der Waals surface area contributed by atoms with Gasteiger partial charge in [-0.05, 0) is 43.9 Å². The average molecular weight is 343 g/mol. The number of aromatic nitrogens is 3. The molecule has 1 amide bonds. The van der Waals surface area contributed by atoms with E-state index in [0.717, 1.165) is 63.3 Å². The van der Waals surface area contributed by atoms with E-state index < -0.39 is 0 Å². The first-order chi connectivity index (χ1) is 12.2. The second-order valence-corrected chi connectivity index (χ2v) is 7.05. The molecule has 7 heteroatoms. The number of fused-ring (bicyclic) bond motifs is 1. The molecule has 1 aromatic heterocycles. The van der Waals surface area contributed by atoms with Crippen LogP contribution in [0.1, 0.15) is 30.1 Å². The molecule has 0 saturated carbocycles. The summed E-state index contributed by atoms with van der Waals surface area (Å²) in [7, 11) is 0. The van der Waals surface area contributed by atoms with Gasteiger partial charge in [-0.15, -0.1) is 0 Å². The van der Waals surface area contributed by atoms with Gasteiger partial charge in [0.2, 0.25) is 0 Å². The largest absolute Gasteiger partial charge is 0.379 e. The Morgan fingerprint density at radius 3 is 2.64 bits per heavy atom. The molecule has 0 aliphatic carbocycles. The zero-order valence-corrected chi connectivity index (χ0v) is 14.6. The fourth-order valence-electron chi connectivity index (χ4n) is 4.02. The van der Waals surface area contributed by atoms with Gasteiger partial charge < -0.3 is 9.64 Å². The van der Waals surface area contributed by atoms with Gasteiger partial charge in [0.1, 0.15) is 11.0 Å². The maximum Gasteiger partial charge on any atom is 0.253 e. The monoisotopic (exact) mass is 343 g/mol. The Hall–Kier alpha value is -1.99. The zero-order valence-electron chi connectivity index (χ0n) is 14.6. The lowest BCUT2D eigenvalue weighted by Crippen LogP contribution is -2.49.